The van der Waals surface area contributed by atoms with Gasteiger partial charge in [0, 0.05) is 23.8 Å². The van der Waals surface area contributed by atoms with Crippen molar-refractivity contribution in [2.45, 2.75) is 31.9 Å². The molecule has 1 aromatic heterocycles. The van der Waals surface area contributed by atoms with Gasteiger partial charge >= 0.3 is 0 Å². The first kappa shape index (κ1) is 10.5. The molecular formula is C12H15BrN2O. The number of halogens is 1. The average Bonchev–Trinajstić information content (AvgIpc) is 2.73. The molecule has 0 saturated carbocycles. The van der Waals surface area contributed by atoms with Gasteiger partial charge < -0.3 is 9.64 Å². The third-order valence-corrected chi connectivity index (χ3v) is 3.74. The first-order valence-electron chi connectivity index (χ1n) is 5.87. The van der Waals surface area contributed by atoms with Crippen molar-refractivity contribution in [1.29, 1.82) is 0 Å². The van der Waals surface area contributed by atoms with Crippen LogP contribution in [0.5, 0.6) is 0 Å². The molecule has 0 spiro atoms. The Morgan fingerprint density at radius 2 is 2.38 bits per heavy atom. The van der Waals surface area contributed by atoms with Gasteiger partial charge in [0.15, 0.2) is 0 Å². The molecule has 2 aliphatic rings. The molecule has 2 aliphatic heterocycles. The zero-order valence-corrected chi connectivity index (χ0v) is 10.7. The quantitative estimate of drug-likeness (QED) is 0.792. The van der Waals surface area contributed by atoms with Crippen LogP contribution < -0.4 is 4.90 Å². The Bertz CT molecular complexity index is 391. The summed E-state index contributed by atoms with van der Waals surface area (Å²) in [5.41, 5.74) is 1.34. The fourth-order valence-electron chi connectivity index (χ4n) is 2.51. The highest BCUT2D eigenvalue weighted by Crippen LogP contribution is 2.31. The number of pyridine rings is 1. The Morgan fingerprint density at radius 3 is 3.19 bits per heavy atom. The first-order valence-corrected chi connectivity index (χ1v) is 6.66. The van der Waals surface area contributed by atoms with E-state index in [1.54, 1.807) is 0 Å². The fourth-order valence-corrected chi connectivity index (χ4v) is 2.89. The Balaban J connectivity index is 1.84. The standard InChI is InChI=1S/C12H15BrN2O/c13-10-7-9-4-5-15(12(9)14-8-10)11-3-1-2-6-16-11/h7-8,11H,1-6H2. The number of rotatable bonds is 1. The lowest BCUT2D eigenvalue weighted by molar-refractivity contribution is 0.0151. The zero-order chi connectivity index (χ0) is 11.0. The number of nitrogens with zero attached hydrogens (tertiary/aromatic N) is 2. The first-order chi connectivity index (χ1) is 7.84. The van der Waals surface area contributed by atoms with Gasteiger partial charge in [-0.15, -0.1) is 0 Å². The van der Waals surface area contributed by atoms with Crippen LogP contribution in [-0.4, -0.2) is 24.4 Å². The van der Waals surface area contributed by atoms with Crippen molar-refractivity contribution in [3.05, 3.63) is 22.3 Å². The maximum Gasteiger partial charge on any atom is 0.133 e. The summed E-state index contributed by atoms with van der Waals surface area (Å²) < 4.78 is 6.89. The van der Waals surface area contributed by atoms with Crippen molar-refractivity contribution in [2.75, 3.05) is 18.1 Å². The van der Waals surface area contributed by atoms with Crippen molar-refractivity contribution in [2.24, 2.45) is 0 Å². The summed E-state index contributed by atoms with van der Waals surface area (Å²) in [4.78, 5) is 6.83. The minimum Gasteiger partial charge on any atom is -0.358 e. The van der Waals surface area contributed by atoms with E-state index in [1.807, 2.05) is 6.20 Å². The predicted molar refractivity (Wildman–Crippen MR) is 66.6 cm³/mol. The van der Waals surface area contributed by atoms with Crippen molar-refractivity contribution in [3.63, 3.8) is 0 Å². The van der Waals surface area contributed by atoms with Gasteiger partial charge in [-0.25, -0.2) is 4.98 Å². The second-order valence-electron chi connectivity index (χ2n) is 4.40. The lowest BCUT2D eigenvalue weighted by Crippen LogP contribution is -2.38. The maximum atomic E-state index is 5.82. The van der Waals surface area contributed by atoms with Crippen molar-refractivity contribution < 1.29 is 4.74 Å². The van der Waals surface area contributed by atoms with E-state index >= 15 is 0 Å². The molecule has 86 valence electrons. The topological polar surface area (TPSA) is 25.4 Å². The molecule has 0 aromatic carbocycles. The van der Waals surface area contributed by atoms with E-state index in [-0.39, 0.29) is 6.23 Å². The van der Waals surface area contributed by atoms with Crippen LogP contribution in [0, 0.1) is 0 Å². The molecule has 1 saturated heterocycles. The van der Waals surface area contributed by atoms with Gasteiger partial charge in [0.1, 0.15) is 12.0 Å². The Kier molecular flexibility index (Phi) is 2.86. The molecule has 0 amide bonds. The van der Waals surface area contributed by atoms with Crippen molar-refractivity contribution in [3.8, 4) is 0 Å². The van der Waals surface area contributed by atoms with Gasteiger partial charge in [0.05, 0.1) is 0 Å². The van der Waals surface area contributed by atoms with E-state index in [2.05, 4.69) is 31.9 Å². The Morgan fingerprint density at radius 1 is 1.44 bits per heavy atom. The Hall–Kier alpha value is -0.610. The minimum atomic E-state index is 0.253. The summed E-state index contributed by atoms with van der Waals surface area (Å²) >= 11 is 3.47. The summed E-state index contributed by atoms with van der Waals surface area (Å²) in [6.45, 7) is 1.94. The molecule has 4 heteroatoms. The summed E-state index contributed by atoms with van der Waals surface area (Å²) in [7, 11) is 0. The molecule has 0 aliphatic carbocycles. The van der Waals surface area contributed by atoms with E-state index in [0.29, 0.717) is 0 Å². The normalized spacial score (nSPS) is 24.6. The number of hydrogen-bond acceptors (Lipinski definition) is 3. The minimum absolute atomic E-state index is 0.253. The van der Waals surface area contributed by atoms with E-state index in [4.69, 9.17) is 4.74 Å². The smallest absolute Gasteiger partial charge is 0.133 e. The van der Waals surface area contributed by atoms with Crippen LogP contribution in [-0.2, 0) is 11.2 Å². The summed E-state index contributed by atoms with van der Waals surface area (Å²) in [5.74, 6) is 1.12. The van der Waals surface area contributed by atoms with E-state index in [1.165, 1.54) is 18.4 Å². The lowest BCUT2D eigenvalue weighted by Gasteiger charge is -2.32. The highest BCUT2D eigenvalue weighted by atomic mass is 79.9. The van der Waals surface area contributed by atoms with Gasteiger partial charge in [-0.2, -0.15) is 0 Å². The monoisotopic (exact) mass is 282 g/mol. The summed E-state index contributed by atoms with van der Waals surface area (Å²) in [5, 5.41) is 0. The molecule has 3 rings (SSSR count). The summed E-state index contributed by atoms with van der Waals surface area (Å²) in [6.07, 6.45) is 6.82. The molecule has 3 heterocycles. The molecule has 16 heavy (non-hydrogen) atoms. The molecular weight excluding hydrogens is 268 g/mol. The number of fused-ring (bicyclic) bond motifs is 1. The zero-order valence-electron chi connectivity index (χ0n) is 9.16. The van der Waals surface area contributed by atoms with E-state index < -0.39 is 0 Å². The van der Waals surface area contributed by atoms with Crippen LogP contribution in [0.4, 0.5) is 5.82 Å². The van der Waals surface area contributed by atoms with Crippen LogP contribution >= 0.6 is 15.9 Å². The maximum absolute atomic E-state index is 5.82. The van der Waals surface area contributed by atoms with E-state index in [0.717, 1.165) is 36.3 Å². The second kappa shape index (κ2) is 4.34. The molecule has 1 aromatic rings. The van der Waals surface area contributed by atoms with E-state index in [9.17, 15) is 0 Å². The molecule has 3 nitrogen and oxygen atoms in total. The third kappa shape index (κ3) is 1.84. The Labute approximate surface area is 104 Å². The van der Waals surface area contributed by atoms with Crippen LogP contribution in [0.25, 0.3) is 0 Å². The number of anilines is 1. The molecule has 1 unspecified atom stereocenters. The van der Waals surface area contributed by atoms with Gasteiger partial charge in [-0.1, -0.05) is 0 Å². The molecule has 0 bridgehead atoms. The highest BCUT2D eigenvalue weighted by molar-refractivity contribution is 9.10. The van der Waals surface area contributed by atoms with Crippen LogP contribution in [0.1, 0.15) is 24.8 Å². The van der Waals surface area contributed by atoms with Gasteiger partial charge in [0.25, 0.3) is 0 Å². The van der Waals surface area contributed by atoms with Crippen LogP contribution in [0.15, 0.2) is 16.7 Å². The number of aromatic nitrogens is 1. The number of hydrogen-bond donors (Lipinski definition) is 0. The van der Waals surface area contributed by atoms with Crippen LogP contribution in [0.3, 0.4) is 0 Å². The highest BCUT2D eigenvalue weighted by Gasteiger charge is 2.29. The van der Waals surface area contributed by atoms with Gasteiger partial charge in [-0.3, -0.25) is 0 Å². The third-order valence-electron chi connectivity index (χ3n) is 3.31. The summed E-state index contributed by atoms with van der Waals surface area (Å²) in [6, 6.07) is 2.17. The molecule has 1 fully saturated rings. The number of ether oxygens (including phenoxy) is 1. The largest absolute Gasteiger partial charge is 0.358 e. The fraction of sp³-hybridized carbons (Fsp3) is 0.583. The van der Waals surface area contributed by atoms with Crippen molar-refractivity contribution >= 4 is 21.7 Å². The van der Waals surface area contributed by atoms with Crippen LogP contribution in [0.2, 0.25) is 0 Å². The van der Waals surface area contributed by atoms with Crippen molar-refractivity contribution in [1.82, 2.24) is 4.98 Å². The SMILES string of the molecule is Brc1cnc2c(c1)CCN2C1CCCCO1. The molecule has 0 radical (unpaired) electrons. The molecule has 0 N–H and O–H groups in total. The second-order valence-corrected chi connectivity index (χ2v) is 5.32. The molecule has 1 atom stereocenters. The average molecular weight is 283 g/mol. The predicted octanol–water partition coefficient (Wildman–Crippen LogP) is 2.73. The van der Waals surface area contributed by atoms with Gasteiger partial charge in [0.2, 0.25) is 0 Å². The van der Waals surface area contributed by atoms with Gasteiger partial charge in [-0.05, 0) is 53.2 Å². The lowest BCUT2D eigenvalue weighted by atomic mass is 10.2.